The van der Waals surface area contributed by atoms with Crippen molar-refractivity contribution in [3.8, 4) is 11.5 Å². The number of pyridine rings is 1. The highest BCUT2D eigenvalue weighted by Crippen LogP contribution is 2.28. The van der Waals surface area contributed by atoms with Crippen molar-refractivity contribution in [1.29, 1.82) is 0 Å². The summed E-state index contributed by atoms with van der Waals surface area (Å²) in [6.45, 7) is 1.84. The third-order valence-electron chi connectivity index (χ3n) is 2.69. The number of carbonyl (C=O) groups is 1. The van der Waals surface area contributed by atoms with Crippen LogP contribution in [0.15, 0.2) is 36.5 Å². The molecule has 0 radical (unpaired) electrons. The van der Waals surface area contributed by atoms with Crippen LogP contribution < -0.4 is 10.1 Å². The van der Waals surface area contributed by atoms with E-state index in [9.17, 15) is 9.90 Å². The van der Waals surface area contributed by atoms with Gasteiger partial charge in [-0.3, -0.25) is 4.79 Å². The number of anilines is 1. The molecule has 0 saturated heterocycles. The van der Waals surface area contributed by atoms with E-state index >= 15 is 0 Å². The number of phenolic OH excluding ortho intramolecular Hbond substituents is 1. The Labute approximate surface area is 110 Å². The van der Waals surface area contributed by atoms with Crippen molar-refractivity contribution in [2.24, 2.45) is 0 Å². The molecule has 2 rings (SSSR count). The molecule has 0 saturated carbocycles. The number of nitrogens with one attached hydrogen (secondary N) is 1. The maximum absolute atomic E-state index is 12.2. The van der Waals surface area contributed by atoms with Gasteiger partial charge in [0.2, 0.25) is 0 Å². The summed E-state index contributed by atoms with van der Waals surface area (Å²) < 4.78 is 5.07. The van der Waals surface area contributed by atoms with Gasteiger partial charge in [0.05, 0.1) is 7.11 Å². The van der Waals surface area contributed by atoms with Crippen molar-refractivity contribution in [3.63, 3.8) is 0 Å². The van der Waals surface area contributed by atoms with Gasteiger partial charge in [-0.25, -0.2) is 4.98 Å². The highest BCUT2D eigenvalue weighted by molar-refractivity contribution is 6.07. The van der Waals surface area contributed by atoms with E-state index in [1.54, 1.807) is 24.4 Å². The van der Waals surface area contributed by atoms with E-state index in [-0.39, 0.29) is 11.3 Å². The van der Waals surface area contributed by atoms with Gasteiger partial charge < -0.3 is 15.2 Å². The van der Waals surface area contributed by atoms with E-state index in [1.165, 1.54) is 13.2 Å². The van der Waals surface area contributed by atoms with Crippen LogP contribution in [0.3, 0.4) is 0 Å². The van der Waals surface area contributed by atoms with Gasteiger partial charge in [-0.2, -0.15) is 0 Å². The lowest BCUT2D eigenvalue weighted by Crippen LogP contribution is -2.15. The van der Waals surface area contributed by atoms with Crippen LogP contribution >= 0.6 is 0 Å². The van der Waals surface area contributed by atoms with Gasteiger partial charge >= 0.3 is 0 Å². The van der Waals surface area contributed by atoms with Crippen LogP contribution in [0.4, 0.5) is 5.82 Å². The molecule has 2 aromatic rings. The predicted octanol–water partition coefficient (Wildman–Crippen LogP) is 2.36. The summed E-state index contributed by atoms with van der Waals surface area (Å²) >= 11 is 0. The molecular formula is C14H14N2O3. The van der Waals surface area contributed by atoms with Crippen molar-refractivity contribution < 1.29 is 14.6 Å². The monoisotopic (exact) mass is 258 g/mol. The minimum Gasteiger partial charge on any atom is -0.507 e. The van der Waals surface area contributed by atoms with E-state index in [4.69, 9.17) is 4.74 Å². The lowest BCUT2D eigenvalue weighted by Gasteiger charge is -2.11. The van der Waals surface area contributed by atoms with E-state index in [0.29, 0.717) is 11.6 Å². The number of hydrogen-bond acceptors (Lipinski definition) is 4. The zero-order valence-corrected chi connectivity index (χ0v) is 10.7. The van der Waals surface area contributed by atoms with Gasteiger partial charge in [-0.1, -0.05) is 12.1 Å². The number of aromatic nitrogens is 1. The van der Waals surface area contributed by atoms with Crippen molar-refractivity contribution in [3.05, 3.63) is 47.7 Å². The molecular weight excluding hydrogens is 244 g/mol. The molecule has 0 atom stereocenters. The number of rotatable bonds is 3. The molecule has 1 aromatic carbocycles. The molecule has 0 unspecified atom stereocenters. The average Bonchev–Trinajstić information content (AvgIpc) is 2.40. The Kier molecular flexibility index (Phi) is 3.66. The summed E-state index contributed by atoms with van der Waals surface area (Å²) in [7, 11) is 1.44. The van der Waals surface area contributed by atoms with Gasteiger partial charge in [0.15, 0.2) is 0 Å². The molecule has 2 N–H and O–H groups in total. The first kappa shape index (κ1) is 12.9. The maximum atomic E-state index is 12.2. The number of benzene rings is 1. The molecule has 19 heavy (non-hydrogen) atoms. The summed E-state index contributed by atoms with van der Waals surface area (Å²) in [5.41, 5.74) is 0.931. The first-order valence-electron chi connectivity index (χ1n) is 5.72. The SMILES string of the molecule is COc1cccc(O)c1C(=O)Nc1ncccc1C. The second kappa shape index (κ2) is 5.39. The molecule has 0 aliphatic heterocycles. The first-order valence-corrected chi connectivity index (χ1v) is 5.72. The molecule has 0 spiro atoms. The van der Waals surface area contributed by atoms with Gasteiger partial charge in [0.1, 0.15) is 22.9 Å². The summed E-state index contributed by atoms with van der Waals surface area (Å²) in [6.07, 6.45) is 1.59. The number of nitrogens with zero attached hydrogens (tertiary/aromatic N) is 1. The number of carbonyl (C=O) groups excluding carboxylic acids is 1. The normalized spacial score (nSPS) is 10.0. The fourth-order valence-corrected chi connectivity index (χ4v) is 1.70. The Bertz CT molecular complexity index is 611. The molecule has 0 aliphatic rings. The molecule has 98 valence electrons. The number of methoxy groups -OCH3 is 1. The number of amides is 1. The predicted molar refractivity (Wildman–Crippen MR) is 71.6 cm³/mol. The summed E-state index contributed by atoms with van der Waals surface area (Å²) in [6, 6.07) is 8.27. The van der Waals surface area contributed by atoms with Crippen LogP contribution in [-0.2, 0) is 0 Å². The second-order valence-corrected chi connectivity index (χ2v) is 3.98. The van der Waals surface area contributed by atoms with Crippen molar-refractivity contribution in [2.45, 2.75) is 6.92 Å². The smallest absolute Gasteiger partial charge is 0.264 e. The number of ether oxygens (including phenoxy) is 1. The van der Waals surface area contributed by atoms with Crippen molar-refractivity contribution in [2.75, 3.05) is 12.4 Å². The number of aromatic hydroxyl groups is 1. The standard InChI is InChI=1S/C14H14N2O3/c1-9-5-4-8-15-13(9)16-14(18)12-10(17)6-3-7-11(12)19-2/h3-8,17H,1-2H3,(H,15,16,18). The van der Waals surface area contributed by atoms with E-state index in [2.05, 4.69) is 10.3 Å². The molecule has 1 amide bonds. The zero-order chi connectivity index (χ0) is 13.8. The largest absolute Gasteiger partial charge is 0.507 e. The topological polar surface area (TPSA) is 71.5 Å². The van der Waals surface area contributed by atoms with Crippen LogP contribution in [0.2, 0.25) is 0 Å². The first-order chi connectivity index (χ1) is 9.13. The van der Waals surface area contributed by atoms with Gasteiger partial charge in [-0.05, 0) is 30.7 Å². The number of phenols is 1. The summed E-state index contributed by atoms with van der Waals surface area (Å²) in [5.74, 6) is 0.172. The van der Waals surface area contributed by atoms with E-state index < -0.39 is 5.91 Å². The average molecular weight is 258 g/mol. The summed E-state index contributed by atoms with van der Waals surface area (Å²) in [4.78, 5) is 16.3. The molecule has 5 nitrogen and oxygen atoms in total. The fourth-order valence-electron chi connectivity index (χ4n) is 1.70. The summed E-state index contributed by atoms with van der Waals surface area (Å²) in [5, 5.41) is 12.4. The molecule has 0 bridgehead atoms. The third kappa shape index (κ3) is 2.65. The van der Waals surface area contributed by atoms with Crippen LogP contribution in [0.5, 0.6) is 11.5 Å². The molecule has 0 fully saturated rings. The highest BCUT2D eigenvalue weighted by atomic mass is 16.5. The van der Waals surface area contributed by atoms with Gasteiger partial charge in [-0.15, -0.1) is 0 Å². The van der Waals surface area contributed by atoms with Crippen LogP contribution in [0, 0.1) is 6.92 Å². The molecule has 0 aliphatic carbocycles. The molecule has 1 heterocycles. The van der Waals surface area contributed by atoms with Crippen LogP contribution in [0.25, 0.3) is 0 Å². The van der Waals surface area contributed by atoms with Crippen LogP contribution in [-0.4, -0.2) is 23.1 Å². The highest BCUT2D eigenvalue weighted by Gasteiger charge is 2.18. The van der Waals surface area contributed by atoms with Gasteiger partial charge in [0, 0.05) is 6.20 Å². The fraction of sp³-hybridized carbons (Fsp3) is 0.143. The lowest BCUT2D eigenvalue weighted by atomic mass is 10.1. The Balaban J connectivity index is 2.33. The zero-order valence-electron chi connectivity index (χ0n) is 10.7. The molecule has 5 heteroatoms. The van der Waals surface area contributed by atoms with E-state index in [1.807, 2.05) is 13.0 Å². The Hall–Kier alpha value is -2.56. The number of aryl methyl sites for hydroxylation is 1. The quantitative estimate of drug-likeness (QED) is 0.886. The van der Waals surface area contributed by atoms with Gasteiger partial charge in [0.25, 0.3) is 5.91 Å². The molecule has 1 aromatic heterocycles. The Morgan fingerprint density at radius 3 is 2.79 bits per heavy atom. The lowest BCUT2D eigenvalue weighted by molar-refractivity contribution is 0.102. The van der Waals surface area contributed by atoms with E-state index in [0.717, 1.165) is 5.56 Å². The number of hydrogen-bond donors (Lipinski definition) is 2. The van der Waals surface area contributed by atoms with Crippen molar-refractivity contribution in [1.82, 2.24) is 4.98 Å². The Morgan fingerprint density at radius 2 is 2.11 bits per heavy atom. The minimum atomic E-state index is -0.461. The second-order valence-electron chi connectivity index (χ2n) is 3.98. The van der Waals surface area contributed by atoms with Crippen molar-refractivity contribution >= 4 is 11.7 Å². The maximum Gasteiger partial charge on any atom is 0.264 e. The third-order valence-corrected chi connectivity index (χ3v) is 2.69. The Morgan fingerprint density at radius 1 is 1.32 bits per heavy atom. The minimum absolute atomic E-state index is 0.0926. The van der Waals surface area contributed by atoms with Crippen LogP contribution in [0.1, 0.15) is 15.9 Å².